The molecule has 0 aliphatic carbocycles. The quantitative estimate of drug-likeness (QED) is 0.577. The van der Waals surface area contributed by atoms with Crippen molar-refractivity contribution >= 4 is 15.7 Å². The zero-order valence-corrected chi connectivity index (χ0v) is 13.9. The Labute approximate surface area is 140 Å². The summed E-state index contributed by atoms with van der Waals surface area (Å²) in [4.78, 5) is 10.1. The first kappa shape index (κ1) is 18.1. The van der Waals surface area contributed by atoms with E-state index in [4.69, 9.17) is 5.73 Å². The van der Waals surface area contributed by atoms with Gasteiger partial charge in [0.15, 0.2) is 0 Å². The van der Waals surface area contributed by atoms with Crippen LogP contribution in [0.2, 0.25) is 0 Å². The number of nitrogens with zero attached hydrogens (tertiary/aromatic N) is 2. The lowest BCUT2D eigenvalue weighted by atomic mass is 10.1. The Balaban J connectivity index is 2.24. The summed E-state index contributed by atoms with van der Waals surface area (Å²) >= 11 is 0. The molecule has 24 heavy (non-hydrogen) atoms. The van der Waals surface area contributed by atoms with E-state index < -0.39 is 14.9 Å². The van der Waals surface area contributed by atoms with Crippen LogP contribution in [0.3, 0.4) is 0 Å². The van der Waals surface area contributed by atoms with Crippen molar-refractivity contribution in [2.24, 2.45) is 5.73 Å². The van der Waals surface area contributed by atoms with Gasteiger partial charge in [-0.05, 0) is 18.1 Å². The van der Waals surface area contributed by atoms with Crippen LogP contribution in [-0.4, -0.2) is 37.3 Å². The third-order valence-corrected chi connectivity index (χ3v) is 5.43. The Morgan fingerprint density at radius 3 is 2.38 bits per heavy atom. The van der Waals surface area contributed by atoms with Crippen LogP contribution in [-0.2, 0) is 16.4 Å². The average molecular weight is 349 g/mol. The fourth-order valence-corrected chi connectivity index (χ4v) is 3.80. The monoisotopic (exact) mass is 349 g/mol. The lowest BCUT2D eigenvalue weighted by Crippen LogP contribution is -2.36. The van der Waals surface area contributed by atoms with Gasteiger partial charge in [-0.3, -0.25) is 10.1 Å². The fourth-order valence-electron chi connectivity index (χ4n) is 2.30. The van der Waals surface area contributed by atoms with Gasteiger partial charge in [0, 0.05) is 31.8 Å². The maximum Gasteiger partial charge on any atom is 0.270 e. The van der Waals surface area contributed by atoms with Crippen molar-refractivity contribution in [3.05, 3.63) is 70.3 Å². The smallest absolute Gasteiger partial charge is 0.270 e. The van der Waals surface area contributed by atoms with Crippen molar-refractivity contribution in [2.45, 2.75) is 11.3 Å². The standard InChI is InChI=1S/C16H19N3O4S/c17-10-12-18(11-9-14-5-2-1-3-6-14)24(22,23)16-8-4-7-15(13-16)19(20)21/h1-8,13H,9-12,17H2. The number of hydrogen-bond donors (Lipinski definition) is 1. The minimum Gasteiger partial charge on any atom is -0.329 e. The average Bonchev–Trinajstić information content (AvgIpc) is 2.59. The van der Waals surface area contributed by atoms with Crippen LogP contribution in [0, 0.1) is 10.1 Å². The van der Waals surface area contributed by atoms with Gasteiger partial charge in [-0.25, -0.2) is 8.42 Å². The van der Waals surface area contributed by atoms with Gasteiger partial charge in [0.1, 0.15) is 0 Å². The molecule has 8 heteroatoms. The molecule has 0 fully saturated rings. The molecule has 0 saturated carbocycles. The third-order valence-electron chi connectivity index (χ3n) is 3.54. The summed E-state index contributed by atoms with van der Waals surface area (Å²) < 4.78 is 26.8. The molecule has 0 spiro atoms. The number of nitro groups is 1. The van der Waals surface area contributed by atoms with Gasteiger partial charge in [0.05, 0.1) is 9.82 Å². The highest BCUT2D eigenvalue weighted by atomic mass is 32.2. The second kappa shape index (κ2) is 8.00. The summed E-state index contributed by atoms with van der Waals surface area (Å²) in [6.07, 6.45) is 0.537. The summed E-state index contributed by atoms with van der Waals surface area (Å²) in [6, 6.07) is 14.5. The fraction of sp³-hybridized carbons (Fsp3) is 0.250. The largest absolute Gasteiger partial charge is 0.329 e. The van der Waals surface area contributed by atoms with Gasteiger partial charge < -0.3 is 5.73 Å². The normalized spacial score (nSPS) is 11.6. The molecule has 0 aliphatic heterocycles. The van der Waals surface area contributed by atoms with Crippen LogP contribution < -0.4 is 5.73 Å². The first-order valence-corrected chi connectivity index (χ1v) is 8.88. The topological polar surface area (TPSA) is 107 Å². The number of nitrogens with two attached hydrogens (primary N) is 1. The number of non-ortho nitro benzene ring substituents is 1. The molecule has 0 heterocycles. The number of rotatable bonds is 8. The predicted octanol–water partition coefficient (Wildman–Crippen LogP) is 1.79. The summed E-state index contributed by atoms with van der Waals surface area (Å²) in [7, 11) is -3.84. The van der Waals surface area contributed by atoms with Crippen molar-refractivity contribution in [1.82, 2.24) is 4.31 Å². The molecular formula is C16H19N3O4S. The van der Waals surface area contributed by atoms with Crippen LogP contribution >= 0.6 is 0 Å². The first-order valence-electron chi connectivity index (χ1n) is 7.44. The van der Waals surface area contributed by atoms with E-state index in [0.717, 1.165) is 11.6 Å². The van der Waals surface area contributed by atoms with Gasteiger partial charge in [-0.2, -0.15) is 4.31 Å². The predicted molar refractivity (Wildman–Crippen MR) is 91.1 cm³/mol. The molecular weight excluding hydrogens is 330 g/mol. The molecule has 128 valence electrons. The molecule has 7 nitrogen and oxygen atoms in total. The van der Waals surface area contributed by atoms with Gasteiger partial charge >= 0.3 is 0 Å². The number of benzene rings is 2. The lowest BCUT2D eigenvalue weighted by molar-refractivity contribution is -0.385. The molecule has 0 radical (unpaired) electrons. The van der Waals surface area contributed by atoms with E-state index in [0.29, 0.717) is 6.42 Å². The highest BCUT2D eigenvalue weighted by molar-refractivity contribution is 7.89. The number of hydrogen-bond acceptors (Lipinski definition) is 5. The van der Waals surface area contributed by atoms with E-state index in [9.17, 15) is 18.5 Å². The molecule has 0 atom stereocenters. The first-order chi connectivity index (χ1) is 11.4. The molecule has 2 rings (SSSR count). The zero-order chi connectivity index (χ0) is 17.6. The Morgan fingerprint density at radius 1 is 1.04 bits per heavy atom. The second-order valence-corrected chi connectivity index (χ2v) is 7.12. The molecule has 0 unspecified atom stereocenters. The van der Waals surface area contributed by atoms with Crippen LogP contribution in [0.1, 0.15) is 5.56 Å². The van der Waals surface area contributed by atoms with Gasteiger partial charge in [0.25, 0.3) is 5.69 Å². The maximum atomic E-state index is 12.8. The van der Waals surface area contributed by atoms with E-state index in [1.165, 1.54) is 22.5 Å². The second-order valence-electron chi connectivity index (χ2n) is 5.18. The Kier molecular flexibility index (Phi) is 6.02. The third kappa shape index (κ3) is 4.38. The molecule has 2 N–H and O–H groups in total. The zero-order valence-electron chi connectivity index (χ0n) is 13.0. The van der Waals surface area contributed by atoms with Crippen LogP contribution in [0.4, 0.5) is 5.69 Å². The Hall–Kier alpha value is -2.29. The van der Waals surface area contributed by atoms with Gasteiger partial charge in [-0.1, -0.05) is 36.4 Å². The van der Waals surface area contributed by atoms with Gasteiger partial charge in [0.2, 0.25) is 10.0 Å². The molecule has 0 amide bonds. The van der Waals surface area contributed by atoms with Crippen LogP contribution in [0.15, 0.2) is 59.5 Å². The highest BCUT2D eigenvalue weighted by Crippen LogP contribution is 2.21. The van der Waals surface area contributed by atoms with E-state index in [1.54, 1.807) is 0 Å². The summed E-state index contributed by atoms with van der Waals surface area (Å²) in [5.41, 5.74) is 6.29. The van der Waals surface area contributed by atoms with E-state index in [2.05, 4.69) is 0 Å². The summed E-state index contributed by atoms with van der Waals surface area (Å²) in [5, 5.41) is 10.9. The molecule has 0 saturated heterocycles. The summed E-state index contributed by atoms with van der Waals surface area (Å²) in [6.45, 7) is 0.576. The Morgan fingerprint density at radius 2 is 1.75 bits per heavy atom. The SMILES string of the molecule is NCCN(CCc1ccccc1)S(=O)(=O)c1cccc([N+](=O)[O-])c1. The van der Waals surface area contributed by atoms with Crippen molar-refractivity contribution in [1.29, 1.82) is 0 Å². The molecule has 2 aromatic carbocycles. The van der Waals surface area contributed by atoms with E-state index in [-0.39, 0.29) is 30.2 Å². The lowest BCUT2D eigenvalue weighted by Gasteiger charge is -2.21. The molecule has 2 aromatic rings. The van der Waals surface area contributed by atoms with Crippen LogP contribution in [0.5, 0.6) is 0 Å². The van der Waals surface area contributed by atoms with Crippen LogP contribution in [0.25, 0.3) is 0 Å². The molecule has 0 aromatic heterocycles. The van der Waals surface area contributed by atoms with E-state index in [1.807, 2.05) is 30.3 Å². The van der Waals surface area contributed by atoms with Gasteiger partial charge in [-0.15, -0.1) is 0 Å². The minimum atomic E-state index is -3.84. The summed E-state index contributed by atoms with van der Waals surface area (Å²) in [5.74, 6) is 0. The maximum absolute atomic E-state index is 12.8. The highest BCUT2D eigenvalue weighted by Gasteiger charge is 2.25. The number of sulfonamides is 1. The van der Waals surface area contributed by atoms with Crippen molar-refractivity contribution in [3.63, 3.8) is 0 Å². The van der Waals surface area contributed by atoms with Crippen molar-refractivity contribution in [2.75, 3.05) is 19.6 Å². The van der Waals surface area contributed by atoms with Crippen molar-refractivity contribution in [3.8, 4) is 0 Å². The van der Waals surface area contributed by atoms with E-state index >= 15 is 0 Å². The number of nitro benzene ring substituents is 1. The minimum absolute atomic E-state index is 0.0989. The molecule has 0 aliphatic rings. The molecule has 0 bridgehead atoms. The Bertz CT molecular complexity index is 794. The van der Waals surface area contributed by atoms with Crippen molar-refractivity contribution < 1.29 is 13.3 Å².